The number of rotatable bonds is 5. The molecule has 0 aliphatic heterocycles. The first kappa shape index (κ1) is 18.4. The number of benzene rings is 1. The van der Waals surface area contributed by atoms with E-state index in [1.165, 1.54) is 13.0 Å². The zero-order valence-electron chi connectivity index (χ0n) is 13.0. The Kier molecular flexibility index (Phi) is 4.97. The number of halogens is 6. The molecule has 0 fully saturated rings. The summed E-state index contributed by atoms with van der Waals surface area (Å²) in [6.45, 7) is 4.78. The predicted molar refractivity (Wildman–Crippen MR) is 81.1 cm³/mol. The third-order valence-electron chi connectivity index (χ3n) is 4.04. The molecule has 0 aromatic heterocycles. The molecule has 0 nitrogen and oxygen atoms in total. The molecule has 1 aromatic carbocycles. The Labute approximate surface area is 136 Å². The molecule has 24 heavy (non-hydrogen) atoms. The van der Waals surface area contributed by atoms with Gasteiger partial charge in [-0.25, -0.2) is 8.78 Å². The summed E-state index contributed by atoms with van der Waals surface area (Å²) < 4.78 is 84.6. The number of alkyl halides is 4. The largest absolute Gasteiger partial charge is 0.340 e. The van der Waals surface area contributed by atoms with Gasteiger partial charge in [-0.1, -0.05) is 37.3 Å². The van der Waals surface area contributed by atoms with Gasteiger partial charge in [0, 0.05) is 16.7 Å². The lowest BCUT2D eigenvalue weighted by Crippen LogP contribution is -2.44. The first-order valence-electron chi connectivity index (χ1n) is 7.44. The minimum Gasteiger partial charge on any atom is -0.203 e. The highest BCUT2D eigenvalue weighted by molar-refractivity contribution is 5.76. The lowest BCUT2D eigenvalue weighted by molar-refractivity contribution is -0.149. The van der Waals surface area contributed by atoms with Crippen molar-refractivity contribution in [3.63, 3.8) is 0 Å². The van der Waals surface area contributed by atoms with Crippen molar-refractivity contribution in [2.45, 2.75) is 38.0 Å². The maximum Gasteiger partial charge on any atom is 0.340 e. The van der Waals surface area contributed by atoms with Crippen LogP contribution in [0.15, 0.2) is 42.5 Å². The standard InChI is InChI=1S/C18H16F6/c1-3-5-6-11-7-9-13(16(20)15(11)19)14-10-8-12(4-2)17(21,22)18(14,23)24/h3,7-10H,1,4-6H2,2H3. The van der Waals surface area contributed by atoms with E-state index in [0.717, 1.165) is 24.3 Å². The molecule has 0 heterocycles. The fraction of sp³-hybridized carbons (Fsp3) is 0.333. The van der Waals surface area contributed by atoms with E-state index in [4.69, 9.17) is 0 Å². The third-order valence-corrected chi connectivity index (χ3v) is 4.04. The summed E-state index contributed by atoms with van der Waals surface area (Å²) in [7, 11) is 0. The molecule has 1 aliphatic rings. The lowest BCUT2D eigenvalue weighted by Gasteiger charge is -2.33. The molecule has 0 spiro atoms. The highest BCUT2D eigenvalue weighted by Crippen LogP contribution is 2.51. The molecule has 0 N–H and O–H groups in total. The van der Waals surface area contributed by atoms with Crippen molar-refractivity contribution in [2.75, 3.05) is 0 Å². The zero-order valence-corrected chi connectivity index (χ0v) is 13.0. The zero-order chi connectivity index (χ0) is 18.1. The molecule has 0 saturated carbocycles. The molecule has 0 atom stereocenters. The van der Waals surface area contributed by atoms with Crippen LogP contribution in [0.3, 0.4) is 0 Å². The highest BCUT2D eigenvalue weighted by Gasteiger charge is 2.62. The highest BCUT2D eigenvalue weighted by atomic mass is 19.3. The SMILES string of the molecule is C=CCCc1ccc(C2=CC=C(CC)C(F)(F)C2(F)F)c(F)c1F. The van der Waals surface area contributed by atoms with Gasteiger partial charge >= 0.3 is 11.8 Å². The van der Waals surface area contributed by atoms with E-state index in [2.05, 4.69) is 6.58 Å². The minimum absolute atomic E-state index is 0.0209. The van der Waals surface area contributed by atoms with Gasteiger partial charge in [-0.05, 0) is 24.8 Å². The molecule has 130 valence electrons. The van der Waals surface area contributed by atoms with Gasteiger partial charge in [0.1, 0.15) is 0 Å². The predicted octanol–water partition coefficient (Wildman–Crippen LogP) is 6.09. The molecule has 0 radical (unpaired) electrons. The van der Waals surface area contributed by atoms with Crippen molar-refractivity contribution in [3.05, 3.63) is 65.3 Å². The molecule has 0 bridgehead atoms. The van der Waals surface area contributed by atoms with E-state index in [-0.39, 0.29) is 18.4 Å². The Morgan fingerprint density at radius 2 is 1.67 bits per heavy atom. The van der Waals surface area contributed by atoms with Crippen molar-refractivity contribution >= 4 is 5.57 Å². The molecule has 6 heteroatoms. The second kappa shape index (κ2) is 6.49. The van der Waals surface area contributed by atoms with Gasteiger partial charge in [-0.3, -0.25) is 0 Å². The monoisotopic (exact) mass is 346 g/mol. The van der Waals surface area contributed by atoms with Crippen LogP contribution in [0.25, 0.3) is 5.57 Å². The van der Waals surface area contributed by atoms with Crippen molar-refractivity contribution < 1.29 is 26.3 Å². The van der Waals surface area contributed by atoms with E-state index in [1.807, 2.05) is 0 Å². The van der Waals surface area contributed by atoms with E-state index in [9.17, 15) is 26.3 Å². The van der Waals surface area contributed by atoms with Crippen LogP contribution in [0.5, 0.6) is 0 Å². The Bertz CT molecular complexity index is 712. The van der Waals surface area contributed by atoms with Gasteiger partial charge in [0.25, 0.3) is 0 Å². The van der Waals surface area contributed by atoms with Crippen LogP contribution in [-0.2, 0) is 6.42 Å². The normalized spacial score (nSPS) is 18.8. The Morgan fingerprint density at radius 3 is 2.25 bits per heavy atom. The van der Waals surface area contributed by atoms with Crippen molar-refractivity contribution in [1.29, 1.82) is 0 Å². The van der Waals surface area contributed by atoms with Crippen LogP contribution in [0.1, 0.15) is 30.9 Å². The van der Waals surface area contributed by atoms with Crippen LogP contribution in [0.4, 0.5) is 26.3 Å². The van der Waals surface area contributed by atoms with Gasteiger partial charge in [-0.15, -0.1) is 6.58 Å². The van der Waals surface area contributed by atoms with Gasteiger partial charge in [-0.2, -0.15) is 17.6 Å². The average Bonchev–Trinajstić information content (AvgIpc) is 2.52. The summed E-state index contributed by atoms with van der Waals surface area (Å²) in [5, 5.41) is 0. The van der Waals surface area contributed by atoms with Crippen LogP contribution in [0, 0.1) is 11.6 Å². The summed E-state index contributed by atoms with van der Waals surface area (Å²) in [6, 6.07) is 2.04. The number of aryl methyl sites for hydroxylation is 1. The Balaban J connectivity index is 2.56. The first-order chi connectivity index (χ1) is 11.2. The summed E-state index contributed by atoms with van der Waals surface area (Å²) in [5.41, 5.74) is -2.85. The van der Waals surface area contributed by atoms with Gasteiger partial charge in [0.15, 0.2) is 11.6 Å². The quantitative estimate of drug-likeness (QED) is 0.447. The van der Waals surface area contributed by atoms with Crippen molar-refractivity contribution in [1.82, 2.24) is 0 Å². The molecule has 1 aliphatic carbocycles. The van der Waals surface area contributed by atoms with E-state index in [1.54, 1.807) is 0 Å². The molecule has 0 unspecified atom stereocenters. The van der Waals surface area contributed by atoms with Crippen LogP contribution >= 0.6 is 0 Å². The molecule has 0 saturated heterocycles. The molecule has 1 aromatic rings. The van der Waals surface area contributed by atoms with Crippen molar-refractivity contribution in [2.24, 2.45) is 0 Å². The second-order valence-corrected chi connectivity index (χ2v) is 5.50. The van der Waals surface area contributed by atoms with E-state index >= 15 is 0 Å². The number of hydrogen-bond acceptors (Lipinski definition) is 0. The minimum atomic E-state index is -4.62. The second-order valence-electron chi connectivity index (χ2n) is 5.50. The van der Waals surface area contributed by atoms with Gasteiger partial charge < -0.3 is 0 Å². The molecule has 0 amide bonds. The Hall–Kier alpha value is -1.98. The van der Waals surface area contributed by atoms with E-state index < -0.39 is 40.2 Å². The molecule has 2 rings (SSSR count). The van der Waals surface area contributed by atoms with E-state index in [0.29, 0.717) is 6.42 Å². The van der Waals surface area contributed by atoms with Gasteiger partial charge in [0.05, 0.1) is 0 Å². The average molecular weight is 346 g/mol. The fourth-order valence-corrected chi connectivity index (χ4v) is 2.61. The Morgan fingerprint density at radius 1 is 1.00 bits per heavy atom. The van der Waals surface area contributed by atoms with Crippen LogP contribution in [-0.4, -0.2) is 11.8 Å². The number of allylic oxidation sites excluding steroid dienone is 5. The van der Waals surface area contributed by atoms with Gasteiger partial charge in [0.2, 0.25) is 0 Å². The fourth-order valence-electron chi connectivity index (χ4n) is 2.61. The topological polar surface area (TPSA) is 0 Å². The smallest absolute Gasteiger partial charge is 0.203 e. The third kappa shape index (κ3) is 2.78. The summed E-state index contributed by atoms with van der Waals surface area (Å²) in [6.07, 6.45) is 3.31. The summed E-state index contributed by atoms with van der Waals surface area (Å²) in [4.78, 5) is 0. The van der Waals surface area contributed by atoms with Crippen LogP contribution in [0.2, 0.25) is 0 Å². The first-order valence-corrected chi connectivity index (χ1v) is 7.44. The molecular formula is C18H16F6. The van der Waals surface area contributed by atoms with Crippen LogP contribution < -0.4 is 0 Å². The van der Waals surface area contributed by atoms with Crippen molar-refractivity contribution in [3.8, 4) is 0 Å². The summed E-state index contributed by atoms with van der Waals surface area (Å²) >= 11 is 0. The molecular weight excluding hydrogens is 330 g/mol. The lowest BCUT2D eigenvalue weighted by atomic mass is 9.85. The maximum absolute atomic E-state index is 14.2. The maximum atomic E-state index is 14.2. The summed E-state index contributed by atoms with van der Waals surface area (Å²) in [5.74, 6) is -11.9. The number of hydrogen-bond donors (Lipinski definition) is 0.